The van der Waals surface area contributed by atoms with Crippen LogP contribution >= 0.6 is 11.8 Å². The van der Waals surface area contributed by atoms with Gasteiger partial charge in [0.25, 0.3) is 0 Å². The monoisotopic (exact) mass is 328 g/mol. The van der Waals surface area contributed by atoms with Gasteiger partial charge < -0.3 is 4.98 Å². The first-order valence-corrected chi connectivity index (χ1v) is 8.13. The molecule has 0 aliphatic heterocycles. The molecule has 3 aromatic rings. The van der Waals surface area contributed by atoms with Crippen LogP contribution in [0.2, 0.25) is 0 Å². The number of nitrogens with zero attached hydrogens (tertiary/aromatic N) is 3. The number of carbonyl (C=O) groups is 2. The fourth-order valence-corrected chi connectivity index (χ4v) is 3.47. The van der Waals surface area contributed by atoms with E-state index in [0.29, 0.717) is 22.0 Å². The van der Waals surface area contributed by atoms with Crippen LogP contribution in [0.5, 0.6) is 0 Å². The fraction of sp³-hybridized carbons (Fsp3) is 0.250. The van der Waals surface area contributed by atoms with E-state index in [2.05, 4.69) is 15.2 Å². The van der Waals surface area contributed by atoms with Crippen molar-refractivity contribution in [3.63, 3.8) is 0 Å². The molecular formula is C16H16N4O2S. The van der Waals surface area contributed by atoms with E-state index in [1.54, 1.807) is 13.8 Å². The van der Waals surface area contributed by atoms with Crippen LogP contribution in [0.3, 0.4) is 0 Å². The predicted molar refractivity (Wildman–Crippen MR) is 88.3 cm³/mol. The van der Waals surface area contributed by atoms with Gasteiger partial charge in [-0.1, -0.05) is 17.8 Å². The number of nitrogens with one attached hydrogen (secondary N) is 1. The standard InChI is InChI=1S/C16H16N4O2S/c1-9-14(11(3)21)10(2)17-15(9)12(22)8-23-16-19-18-13-6-4-5-7-20(13)16/h4-7,17H,8H2,1-3H3. The van der Waals surface area contributed by atoms with Crippen LogP contribution in [0.25, 0.3) is 5.65 Å². The molecule has 0 atom stereocenters. The Labute approximate surface area is 137 Å². The number of hydrogen-bond acceptors (Lipinski definition) is 5. The Hall–Kier alpha value is -2.41. The first-order chi connectivity index (χ1) is 11.0. The van der Waals surface area contributed by atoms with E-state index in [-0.39, 0.29) is 17.3 Å². The second-order valence-corrected chi connectivity index (χ2v) is 6.25. The molecule has 3 rings (SSSR count). The molecule has 3 heterocycles. The minimum Gasteiger partial charge on any atom is -0.355 e. The lowest BCUT2D eigenvalue weighted by molar-refractivity contribution is 0.101. The molecule has 0 spiro atoms. The maximum atomic E-state index is 12.5. The van der Waals surface area contributed by atoms with Crippen molar-refractivity contribution in [3.8, 4) is 0 Å². The molecular weight excluding hydrogens is 312 g/mol. The zero-order valence-electron chi connectivity index (χ0n) is 13.1. The summed E-state index contributed by atoms with van der Waals surface area (Å²) >= 11 is 1.33. The van der Waals surface area contributed by atoms with Gasteiger partial charge in [0, 0.05) is 17.5 Å². The van der Waals surface area contributed by atoms with Crippen molar-refractivity contribution in [2.75, 3.05) is 5.75 Å². The highest BCUT2D eigenvalue weighted by atomic mass is 32.2. The Balaban J connectivity index is 1.80. The molecule has 0 bridgehead atoms. The van der Waals surface area contributed by atoms with Gasteiger partial charge in [0.1, 0.15) is 0 Å². The zero-order valence-corrected chi connectivity index (χ0v) is 13.9. The van der Waals surface area contributed by atoms with E-state index >= 15 is 0 Å². The summed E-state index contributed by atoms with van der Waals surface area (Å²) in [5.74, 6) is 0.135. The van der Waals surface area contributed by atoms with Gasteiger partial charge in [-0.25, -0.2) is 0 Å². The van der Waals surface area contributed by atoms with Crippen molar-refractivity contribution >= 4 is 29.0 Å². The van der Waals surface area contributed by atoms with E-state index < -0.39 is 0 Å². The van der Waals surface area contributed by atoms with E-state index in [4.69, 9.17) is 0 Å². The molecule has 0 saturated carbocycles. The molecule has 7 heteroatoms. The molecule has 0 aliphatic rings. The number of thioether (sulfide) groups is 1. The van der Waals surface area contributed by atoms with Gasteiger partial charge in [0.2, 0.25) is 0 Å². The number of Topliss-reactive ketones (excluding diaryl/α,β-unsaturated/α-hetero) is 2. The number of carbonyl (C=O) groups excluding carboxylic acids is 2. The van der Waals surface area contributed by atoms with Gasteiger partial charge in [-0.3, -0.25) is 14.0 Å². The number of ketones is 2. The van der Waals surface area contributed by atoms with Gasteiger partial charge in [-0.15, -0.1) is 10.2 Å². The number of aromatic nitrogens is 4. The first-order valence-electron chi connectivity index (χ1n) is 7.15. The van der Waals surface area contributed by atoms with Crippen LogP contribution in [0.4, 0.5) is 0 Å². The summed E-state index contributed by atoms with van der Waals surface area (Å²) in [6.07, 6.45) is 1.86. The minimum absolute atomic E-state index is 0.0357. The first kappa shape index (κ1) is 15.5. The summed E-state index contributed by atoms with van der Waals surface area (Å²) in [5, 5.41) is 8.82. The van der Waals surface area contributed by atoms with Gasteiger partial charge >= 0.3 is 0 Å². The molecule has 3 aromatic heterocycles. The summed E-state index contributed by atoms with van der Waals surface area (Å²) in [6.45, 7) is 5.11. The normalized spacial score (nSPS) is 11.1. The third kappa shape index (κ3) is 2.79. The van der Waals surface area contributed by atoms with Gasteiger partial charge in [0.15, 0.2) is 22.4 Å². The fourth-order valence-electron chi connectivity index (χ4n) is 2.68. The average Bonchev–Trinajstić information content (AvgIpc) is 3.05. The SMILES string of the molecule is CC(=O)c1c(C)[nH]c(C(=O)CSc2nnc3ccccn23)c1C. The highest BCUT2D eigenvalue weighted by Crippen LogP contribution is 2.22. The summed E-state index contributed by atoms with van der Waals surface area (Å²) in [7, 11) is 0. The number of aromatic amines is 1. The Morgan fingerprint density at radius 2 is 2.04 bits per heavy atom. The number of fused-ring (bicyclic) bond motifs is 1. The minimum atomic E-state index is -0.0595. The van der Waals surface area contributed by atoms with Crippen LogP contribution in [0.15, 0.2) is 29.6 Å². The van der Waals surface area contributed by atoms with Gasteiger partial charge in [-0.05, 0) is 38.5 Å². The Kier molecular flexibility index (Phi) is 4.04. The van der Waals surface area contributed by atoms with E-state index in [0.717, 1.165) is 11.3 Å². The number of pyridine rings is 1. The second-order valence-electron chi connectivity index (χ2n) is 5.30. The molecule has 0 saturated heterocycles. The van der Waals surface area contributed by atoms with Crippen molar-refractivity contribution in [3.05, 3.63) is 46.9 Å². The molecule has 0 aliphatic carbocycles. The molecule has 1 N–H and O–H groups in total. The summed E-state index contributed by atoms with van der Waals surface area (Å²) in [5.41, 5.74) is 3.29. The molecule has 0 aromatic carbocycles. The number of rotatable bonds is 5. The van der Waals surface area contributed by atoms with E-state index in [1.807, 2.05) is 28.8 Å². The van der Waals surface area contributed by atoms with Crippen molar-refractivity contribution in [2.45, 2.75) is 25.9 Å². The zero-order chi connectivity index (χ0) is 16.6. The van der Waals surface area contributed by atoms with Crippen molar-refractivity contribution in [1.82, 2.24) is 19.6 Å². The van der Waals surface area contributed by atoms with Gasteiger partial charge in [-0.2, -0.15) is 0 Å². The van der Waals surface area contributed by atoms with Crippen LogP contribution in [-0.2, 0) is 0 Å². The highest BCUT2D eigenvalue weighted by Gasteiger charge is 2.20. The molecule has 6 nitrogen and oxygen atoms in total. The Morgan fingerprint density at radius 3 is 2.74 bits per heavy atom. The lowest BCUT2D eigenvalue weighted by Gasteiger charge is -2.01. The number of aryl methyl sites for hydroxylation is 1. The van der Waals surface area contributed by atoms with Crippen molar-refractivity contribution < 1.29 is 9.59 Å². The topological polar surface area (TPSA) is 80.1 Å². The quantitative estimate of drug-likeness (QED) is 0.575. The van der Waals surface area contributed by atoms with Crippen molar-refractivity contribution in [2.24, 2.45) is 0 Å². The maximum Gasteiger partial charge on any atom is 0.196 e. The largest absolute Gasteiger partial charge is 0.355 e. The Bertz CT molecular complexity index is 910. The number of H-pyrrole nitrogens is 1. The maximum absolute atomic E-state index is 12.5. The van der Waals surface area contributed by atoms with E-state index in [1.165, 1.54) is 18.7 Å². The summed E-state index contributed by atoms with van der Waals surface area (Å²) in [6, 6.07) is 5.63. The molecule has 0 amide bonds. The smallest absolute Gasteiger partial charge is 0.196 e. The van der Waals surface area contributed by atoms with Crippen molar-refractivity contribution in [1.29, 1.82) is 0 Å². The third-order valence-electron chi connectivity index (χ3n) is 3.68. The molecule has 0 unspecified atom stereocenters. The molecule has 0 fully saturated rings. The molecule has 118 valence electrons. The Morgan fingerprint density at radius 1 is 1.26 bits per heavy atom. The van der Waals surface area contributed by atoms with Crippen LogP contribution in [0, 0.1) is 13.8 Å². The molecule has 23 heavy (non-hydrogen) atoms. The third-order valence-corrected chi connectivity index (χ3v) is 4.63. The lowest BCUT2D eigenvalue weighted by Crippen LogP contribution is -2.06. The molecule has 0 radical (unpaired) electrons. The average molecular weight is 328 g/mol. The van der Waals surface area contributed by atoms with Gasteiger partial charge in [0.05, 0.1) is 11.4 Å². The van der Waals surface area contributed by atoms with Crippen LogP contribution in [-0.4, -0.2) is 36.9 Å². The van der Waals surface area contributed by atoms with E-state index in [9.17, 15) is 9.59 Å². The lowest BCUT2D eigenvalue weighted by atomic mass is 10.1. The summed E-state index contributed by atoms with van der Waals surface area (Å²) in [4.78, 5) is 27.2. The highest BCUT2D eigenvalue weighted by molar-refractivity contribution is 7.99. The van der Waals surface area contributed by atoms with Crippen LogP contribution in [0.1, 0.15) is 39.0 Å². The summed E-state index contributed by atoms with van der Waals surface area (Å²) < 4.78 is 1.84. The predicted octanol–water partition coefficient (Wildman–Crippen LogP) is 2.85. The van der Waals surface area contributed by atoms with Crippen LogP contribution < -0.4 is 0 Å². The number of hydrogen-bond donors (Lipinski definition) is 1. The second kappa shape index (κ2) is 6.00.